The van der Waals surface area contributed by atoms with Crippen LogP contribution in [0.3, 0.4) is 0 Å². The number of aromatic nitrogens is 2. The number of ether oxygens (including phenoxy) is 1. The molecule has 8 heteroatoms. The van der Waals surface area contributed by atoms with Crippen molar-refractivity contribution < 1.29 is 19.4 Å². The molecule has 0 fully saturated rings. The summed E-state index contributed by atoms with van der Waals surface area (Å²) in [4.78, 5) is 32.4. The number of amides is 2. The number of phenols is 1. The molecule has 170 valence electrons. The van der Waals surface area contributed by atoms with Crippen molar-refractivity contribution in [2.24, 2.45) is 5.73 Å². The molecule has 0 aliphatic carbocycles. The minimum absolute atomic E-state index is 0.0518. The van der Waals surface area contributed by atoms with E-state index in [1.165, 1.54) is 6.07 Å². The molecule has 2 heterocycles. The lowest BCUT2D eigenvalue weighted by Crippen LogP contribution is -2.19. The summed E-state index contributed by atoms with van der Waals surface area (Å²) in [6, 6.07) is 19.0. The van der Waals surface area contributed by atoms with E-state index in [4.69, 9.17) is 10.5 Å². The molecule has 0 spiro atoms. The molecule has 4 aromatic rings. The van der Waals surface area contributed by atoms with Crippen LogP contribution in [0.2, 0.25) is 0 Å². The number of carbonyl (C=O) groups excluding carboxylic acids is 2. The van der Waals surface area contributed by atoms with Gasteiger partial charge in [-0.15, -0.1) is 0 Å². The Morgan fingerprint density at radius 1 is 0.941 bits per heavy atom. The van der Waals surface area contributed by atoms with Crippen molar-refractivity contribution in [3.63, 3.8) is 0 Å². The average molecular weight is 454 g/mol. The number of phenolic OH excluding ortho intramolecular Hbond substituents is 1. The van der Waals surface area contributed by atoms with Crippen LogP contribution in [-0.2, 0) is 11.2 Å². The van der Waals surface area contributed by atoms with E-state index < -0.39 is 18.1 Å². The third-order valence-corrected chi connectivity index (χ3v) is 5.19. The van der Waals surface area contributed by atoms with Gasteiger partial charge in [-0.2, -0.15) is 0 Å². The van der Waals surface area contributed by atoms with Crippen LogP contribution < -0.4 is 11.1 Å². The Morgan fingerprint density at radius 2 is 1.68 bits per heavy atom. The van der Waals surface area contributed by atoms with E-state index in [1.807, 2.05) is 18.2 Å². The predicted octanol–water partition coefficient (Wildman–Crippen LogP) is 4.48. The average Bonchev–Trinajstić information content (AvgIpc) is 2.86. The van der Waals surface area contributed by atoms with E-state index in [-0.39, 0.29) is 11.4 Å². The third-order valence-electron chi connectivity index (χ3n) is 5.19. The molecular weight excluding hydrogens is 432 g/mol. The number of aromatic hydroxyl groups is 1. The third kappa shape index (κ3) is 5.55. The molecule has 1 unspecified atom stereocenters. The lowest BCUT2D eigenvalue weighted by atomic mass is 10.0. The van der Waals surface area contributed by atoms with Gasteiger partial charge in [-0.1, -0.05) is 30.3 Å². The number of nitrogens with two attached hydrogens (primary N) is 1. The Labute approximate surface area is 196 Å². The number of nitrogens with zero attached hydrogens (tertiary/aromatic N) is 2. The minimum atomic E-state index is -0.889. The molecular formula is C26H22N4O4. The zero-order valence-electron chi connectivity index (χ0n) is 18.1. The minimum Gasteiger partial charge on any atom is -0.506 e. The van der Waals surface area contributed by atoms with Crippen LogP contribution in [-0.4, -0.2) is 27.1 Å². The van der Waals surface area contributed by atoms with Crippen molar-refractivity contribution in [1.29, 1.82) is 0 Å². The molecule has 4 rings (SSSR count). The van der Waals surface area contributed by atoms with Crippen LogP contribution in [0.5, 0.6) is 5.75 Å². The zero-order valence-corrected chi connectivity index (χ0v) is 18.1. The number of nitrogens with one attached hydrogen (secondary N) is 1. The Hall–Kier alpha value is -4.72. The van der Waals surface area contributed by atoms with Gasteiger partial charge in [0.25, 0.3) is 5.91 Å². The van der Waals surface area contributed by atoms with Gasteiger partial charge >= 0.3 is 6.09 Å². The number of rotatable bonds is 7. The molecule has 1 atom stereocenters. The predicted molar refractivity (Wildman–Crippen MR) is 127 cm³/mol. The number of anilines is 1. The number of carbonyl (C=O) groups is 2. The maximum absolute atomic E-state index is 12.8. The summed E-state index contributed by atoms with van der Waals surface area (Å²) in [6.45, 7) is 0. The molecule has 2 amide bonds. The van der Waals surface area contributed by atoms with Crippen LogP contribution in [0.1, 0.15) is 27.6 Å². The van der Waals surface area contributed by atoms with Crippen LogP contribution >= 0.6 is 0 Å². The molecule has 4 N–H and O–H groups in total. The highest BCUT2D eigenvalue weighted by Gasteiger charge is 2.18. The molecule has 0 aliphatic heterocycles. The Balaban J connectivity index is 1.51. The molecule has 0 saturated heterocycles. The van der Waals surface area contributed by atoms with Crippen LogP contribution in [0.4, 0.5) is 10.5 Å². The summed E-state index contributed by atoms with van der Waals surface area (Å²) < 4.78 is 5.28. The molecule has 0 radical (unpaired) electrons. The summed E-state index contributed by atoms with van der Waals surface area (Å²) in [6.07, 6.45) is 5.59. The zero-order chi connectivity index (χ0) is 23.9. The van der Waals surface area contributed by atoms with E-state index in [0.29, 0.717) is 17.5 Å². The molecule has 8 nitrogen and oxygen atoms in total. The van der Waals surface area contributed by atoms with Crippen molar-refractivity contribution in [1.82, 2.24) is 9.97 Å². The van der Waals surface area contributed by atoms with Crippen LogP contribution in [0.15, 0.2) is 91.5 Å². The van der Waals surface area contributed by atoms with Gasteiger partial charge in [-0.3, -0.25) is 14.8 Å². The Kier molecular flexibility index (Phi) is 6.78. The van der Waals surface area contributed by atoms with Crippen LogP contribution in [0.25, 0.3) is 11.1 Å². The van der Waals surface area contributed by atoms with E-state index in [1.54, 1.807) is 67.3 Å². The highest BCUT2D eigenvalue weighted by Crippen LogP contribution is 2.30. The second kappa shape index (κ2) is 10.3. The first-order valence-corrected chi connectivity index (χ1v) is 10.5. The van der Waals surface area contributed by atoms with Gasteiger partial charge in [-0.25, -0.2) is 4.79 Å². The van der Waals surface area contributed by atoms with Gasteiger partial charge in [0, 0.05) is 42.3 Å². The standard InChI is InChI=1S/C26H22N4O4/c27-26(33)34-24(13-17-3-1-11-28-15-17)18-5-7-19(8-6-18)25(32)30-22-14-20(9-10-23(22)31)21-4-2-12-29-16-21/h1-12,14-16,24,31H,13H2,(H2,27,33)(H,30,32). The van der Waals surface area contributed by atoms with Crippen LogP contribution in [0, 0.1) is 0 Å². The molecule has 0 saturated carbocycles. The summed E-state index contributed by atoms with van der Waals surface area (Å²) in [5.41, 5.74) is 9.12. The molecule has 34 heavy (non-hydrogen) atoms. The van der Waals surface area contributed by atoms with Crippen molar-refractivity contribution in [2.45, 2.75) is 12.5 Å². The van der Waals surface area contributed by atoms with E-state index >= 15 is 0 Å². The van der Waals surface area contributed by atoms with Gasteiger partial charge in [0.05, 0.1) is 5.69 Å². The number of primary amides is 1. The first-order chi connectivity index (χ1) is 16.5. The van der Waals surface area contributed by atoms with Gasteiger partial charge in [-0.05, 0) is 53.1 Å². The van der Waals surface area contributed by atoms with Gasteiger partial charge in [0.1, 0.15) is 11.9 Å². The fraction of sp³-hybridized carbons (Fsp3) is 0.0769. The van der Waals surface area contributed by atoms with E-state index in [2.05, 4.69) is 15.3 Å². The van der Waals surface area contributed by atoms with Gasteiger partial charge in [0.2, 0.25) is 0 Å². The maximum atomic E-state index is 12.8. The van der Waals surface area contributed by atoms with Crippen molar-refractivity contribution in [2.75, 3.05) is 5.32 Å². The van der Waals surface area contributed by atoms with E-state index in [9.17, 15) is 14.7 Å². The number of benzene rings is 2. The number of pyridine rings is 2. The van der Waals surface area contributed by atoms with E-state index in [0.717, 1.165) is 16.7 Å². The van der Waals surface area contributed by atoms with Crippen molar-refractivity contribution >= 4 is 17.7 Å². The number of hydrogen-bond acceptors (Lipinski definition) is 6. The lowest BCUT2D eigenvalue weighted by Gasteiger charge is -2.17. The lowest BCUT2D eigenvalue weighted by molar-refractivity contribution is 0.102. The smallest absolute Gasteiger partial charge is 0.405 e. The summed E-state index contributed by atoms with van der Waals surface area (Å²) in [5, 5.41) is 13.0. The molecule has 0 bridgehead atoms. The summed E-state index contributed by atoms with van der Waals surface area (Å²) in [7, 11) is 0. The largest absolute Gasteiger partial charge is 0.506 e. The van der Waals surface area contributed by atoms with Crippen molar-refractivity contribution in [3.8, 4) is 16.9 Å². The Bertz CT molecular complexity index is 1280. The highest BCUT2D eigenvalue weighted by molar-refractivity contribution is 6.05. The fourth-order valence-corrected chi connectivity index (χ4v) is 3.49. The molecule has 2 aromatic heterocycles. The monoisotopic (exact) mass is 454 g/mol. The fourth-order valence-electron chi connectivity index (χ4n) is 3.49. The first kappa shape index (κ1) is 22.5. The second-order valence-electron chi connectivity index (χ2n) is 7.54. The molecule has 0 aliphatic rings. The maximum Gasteiger partial charge on any atom is 0.405 e. The SMILES string of the molecule is NC(=O)OC(Cc1cccnc1)c1ccc(C(=O)Nc2cc(-c3cccnc3)ccc2O)cc1. The Morgan fingerprint density at radius 3 is 2.32 bits per heavy atom. The quantitative estimate of drug-likeness (QED) is 0.353. The highest BCUT2D eigenvalue weighted by atomic mass is 16.6. The normalized spacial score (nSPS) is 11.4. The topological polar surface area (TPSA) is 127 Å². The summed E-state index contributed by atoms with van der Waals surface area (Å²) in [5.74, 6) is -0.450. The number of hydrogen-bond donors (Lipinski definition) is 3. The summed E-state index contributed by atoms with van der Waals surface area (Å²) >= 11 is 0. The van der Waals surface area contributed by atoms with Gasteiger partial charge < -0.3 is 20.9 Å². The molecule has 2 aromatic carbocycles. The van der Waals surface area contributed by atoms with Gasteiger partial charge in [0.15, 0.2) is 0 Å². The van der Waals surface area contributed by atoms with Crippen molar-refractivity contribution in [3.05, 3.63) is 108 Å². The second-order valence-corrected chi connectivity index (χ2v) is 7.54. The first-order valence-electron chi connectivity index (χ1n) is 10.5.